The minimum absolute atomic E-state index is 0.00573. The molecule has 0 aliphatic rings. The summed E-state index contributed by atoms with van der Waals surface area (Å²) in [4.78, 5) is 4.44. The van der Waals surface area contributed by atoms with Crippen molar-refractivity contribution in [1.82, 2.24) is 14.6 Å². The van der Waals surface area contributed by atoms with Crippen LogP contribution in [0, 0.1) is 11.3 Å². The van der Waals surface area contributed by atoms with E-state index in [2.05, 4.69) is 21.5 Å². The third-order valence-electron chi connectivity index (χ3n) is 4.07. The minimum Gasteiger partial charge on any atom is -0.392 e. The average Bonchev–Trinajstić information content (AvgIpc) is 3.10. The highest BCUT2D eigenvalue weighted by Crippen LogP contribution is 2.23. The summed E-state index contributed by atoms with van der Waals surface area (Å²) >= 11 is 0. The van der Waals surface area contributed by atoms with Crippen LogP contribution >= 0.6 is 0 Å². The lowest BCUT2D eigenvalue weighted by Gasteiger charge is -2.04. The molecule has 2 N–H and O–H groups in total. The van der Waals surface area contributed by atoms with Crippen LogP contribution in [0.25, 0.3) is 16.8 Å². The number of benzene rings is 2. The van der Waals surface area contributed by atoms with E-state index in [1.807, 2.05) is 60.8 Å². The number of para-hydroxylation sites is 1. The van der Waals surface area contributed by atoms with Gasteiger partial charge in [-0.05, 0) is 41.5 Å². The number of aromatic nitrogens is 3. The zero-order valence-corrected chi connectivity index (χ0v) is 13.8. The van der Waals surface area contributed by atoms with Crippen molar-refractivity contribution in [2.45, 2.75) is 6.61 Å². The van der Waals surface area contributed by atoms with Gasteiger partial charge in [-0.15, -0.1) is 5.10 Å². The summed E-state index contributed by atoms with van der Waals surface area (Å²) in [6, 6.07) is 20.9. The summed E-state index contributed by atoms with van der Waals surface area (Å²) in [6.07, 6.45) is 1.89. The Bertz CT molecular complexity index is 1130. The second-order valence-electron chi connectivity index (χ2n) is 5.80. The SMILES string of the molecule is N#Cc1ccccc1Nc1nc2ccc(-c3cccc(CO)c3)cn2n1. The second kappa shape index (κ2) is 6.67. The number of nitrogens with one attached hydrogen (secondary N) is 1. The van der Waals surface area contributed by atoms with Gasteiger partial charge < -0.3 is 10.4 Å². The van der Waals surface area contributed by atoms with Gasteiger partial charge in [0.2, 0.25) is 5.95 Å². The van der Waals surface area contributed by atoms with Crippen LogP contribution in [0.3, 0.4) is 0 Å². The summed E-state index contributed by atoms with van der Waals surface area (Å²) in [5.41, 5.74) is 4.73. The average molecular weight is 341 g/mol. The summed E-state index contributed by atoms with van der Waals surface area (Å²) in [7, 11) is 0. The molecule has 6 heteroatoms. The largest absolute Gasteiger partial charge is 0.392 e. The Hall–Kier alpha value is -3.69. The zero-order valence-electron chi connectivity index (χ0n) is 13.8. The van der Waals surface area contributed by atoms with Crippen LogP contribution in [0.15, 0.2) is 66.9 Å². The van der Waals surface area contributed by atoms with Gasteiger partial charge in [0.15, 0.2) is 5.65 Å². The molecule has 6 nitrogen and oxygen atoms in total. The van der Waals surface area contributed by atoms with Crippen LogP contribution in [0.5, 0.6) is 0 Å². The Labute approximate surface area is 150 Å². The van der Waals surface area contributed by atoms with E-state index in [1.165, 1.54) is 0 Å². The van der Waals surface area contributed by atoms with E-state index in [0.29, 0.717) is 22.8 Å². The lowest BCUT2D eigenvalue weighted by molar-refractivity contribution is 0.282. The summed E-state index contributed by atoms with van der Waals surface area (Å²) < 4.78 is 1.69. The highest BCUT2D eigenvalue weighted by Gasteiger charge is 2.08. The molecule has 126 valence electrons. The fourth-order valence-electron chi connectivity index (χ4n) is 2.77. The Morgan fingerprint density at radius 2 is 1.92 bits per heavy atom. The molecular weight excluding hydrogens is 326 g/mol. The zero-order chi connectivity index (χ0) is 17.9. The number of hydrogen-bond acceptors (Lipinski definition) is 5. The predicted octanol–water partition coefficient (Wildman–Crippen LogP) is 3.50. The van der Waals surface area contributed by atoms with Gasteiger partial charge in [0.25, 0.3) is 0 Å². The van der Waals surface area contributed by atoms with E-state index in [4.69, 9.17) is 0 Å². The van der Waals surface area contributed by atoms with Crippen LogP contribution < -0.4 is 5.32 Å². The fraction of sp³-hybridized carbons (Fsp3) is 0.0500. The molecule has 0 bridgehead atoms. The van der Waals surface area contributed by atoms with Crippen molar-refractivity contribution in [3.8, 4) is 17.2 Å². The van der Waals surface area contributed by atoms with Crippen molar-refractivity contribution in [3.05, 3.63) is 78.0 Å². The van der Waals surface area contributed by atoms with Gasteiger partial charge in [0, 0.05) is 11.8 Å². The third kappa shape index (κ3) is 2.99. The molecule has 4 rings (SSSR count). The van der Waals surface area contributed by atoms with E-state index in [1.54, 1.807) is 10.6 Å². The molecule has 0 saturated carbocycles. The van der Waals surface area contributed by atoms with Crippen LogP contribution in [-0.2, 0) is 6.61 Å². The number of fused-ring (bicyclic) bond motifs is 1. The maximum absolute atomic E-state index is 9.31. The molecule has 0 fully saturated rings. The highest BCUT2D eigenvalue weighted by atomic mass is 16.3. The van der Waals surface area contributed by atoms with Gasteiger partial charge in [-0.1, -0.05) is 30.3 Å². The first kappa shape index (κ1) is 15.8. The summed E-state index contributed by atoms with van der Waals surface area (Å²) in [5.74, 6) is 0.425. The Morgan fingerprint density at radius 1 is 1.04 bits per heavy atom. The number of rotatable bonds is 4. The minimum atomic E-state index is 0.00573. The van der Waals surface area contributed by atoms with Crippen LogP contribution in [0.1, 0.15) is 11.1 Å². The normalized spacial score (nSPS) is 10.6. The van der Waals surface area contributed by atoms with Crippen LogP contribution in [0.4, 0.5) is 11.6 Å². The van der Waals surface area contributed by atoms with Crippen molar-refractivity contribution in [1.29, 1.82) is 5.26 Å². The van der Waals surface area contributed by atoms with Crippen molar-refractivity contribution in [2.24, 2.45) is 0 Å². The maximum atomic E-state index is 9.31. The molecule has 0 spiro atoms. The van der Waals surface area contributed by atoms with Gasteiger partial charge in [-0.3, -0.25) is 0 Å². The molecule has 0 atom stereocenters. The molecule has 0 unspecified atom stereocenters. The van der Waals surface area contributed by atoms with Gasteiger partial charge in [-0.25, -0.2) is 4.52 Å². The molecule has 0 radical (unpaired) electrons. The Balaban J connectivity index is 1.69. The smallest absolute Gasteiger partial charge is 0.247 e. The molecule has 2 heterocycles. The molecule has 2 aromatic carbocycles. The van der Waals surface area contributed by atoms with E-state index in [0.717, 1.165) is 16.7 Å². The van der Waals surface area contributed by atoms with Gasteiger partial charge in [0.1, 0.15) is 6.07 Å². The number of anilines is 2. The molecular formula is C20H15N5O. The number of nitrogens with zero attached hydrogens (tertiary/aromatic N) is 4. The van der Waals surface area contributed by atoms with Crippen molar-refractivity contribution in [2.75, 3.05) is 5.32 Å². The van der Waals surface area contributed by atoms with Gasteiger partial charge >= 0.3 is 0 Å². The molecule has 0 aliphatic heterocycles. The topological polar surface area (TPSA) is 86.2 Å². The number of nitriles is 1. The Morgan fingerprint density at radius 3 is 2.77 bits per heavy atom. The molecule has 4 aromatic rings. The maximum Gasteiger partial charge on any atom is 0.247 e. The van der Waals surface area contributed by atoms with E-state index >= 15 is 0 Å². The van der Waals surface area contributed by atoms with Crippen LogP contribution in [-0.4, -0.2) is 19.7 Å². The van der Waals surface area contributed by atoms with Crippen LogP contribution in [0.2, 0.25) is 0 Å². The number of hydrogen-bond donors (Lipinski definition) is 2. The molecule has 2 aromatic heterocycles. The first-order valence-electron chi connectivity index (χ1n) is 8.09. The van der Waals surface area contributed by atoms with E-state index in [9.17, 15) is 10.4 Å². The molecule has 0 amide bonds. The number of pyridine rings is 1. The lowest BCUT2D eigenvalue weighted by Crippen LogP contribution is -1.95. The second-order valence-corrected chi connectivity index (χ2v) is 5.80. The molecule has 0 saturated heterocycles. The molecule has 26 heavy (non-hydrogen) atoms. The standard InChI is InChI=1S/C20H15N5O/c21-11-16-5-1-2-7-18(16)22-20-23-19-9-8-17(12-25(19)24-20)15-6-3-4-14(10-15)13-26/h1-10,12,26H,13H2,(H,22,24). The summed E-state index contributed by atoms with van der Waals surface area (Å²) in [5, 5.41) is 26.0. The van der Waals surface area contributed by atoms with Gasteiger partial charge in [0.05, 0.1) is 17.9 Å². The van der Waals surface area contributed by atoms with Gasteiger partial charge in [-0.2, -0.15) is 10.2 Å². The predicted molar refractivity (Wildman–Crippen MR) is 98.8 cm³/mol. The van der Waals surface area contributed by atoms with E-state index in [-0.39, 0.29) is 6.61 Å². The van der Waals surface area contributed by atoms with Crippen molar-refractivity contribution >= 4 is 17.3 Å². The quantitative estimate of drug-likeness (QED) is 0.593. The lowest BCUT2D eigenvalue weighted by atomic mass is 10.1. The first-order chi connectivity index (χ1) is 12.8. The first-order valence-corrected chi connectivity index (χ1v) is 8.09. The van der Waals surface area contributed by atoms with E-state index < -0.39 is 0 Å². The highest BCUT2D eigenvalue weighted by molar-refractivity contribution is 5.67. The van der Waals surface area contributed by atoms with Crippen molar-refractivity contribution < 1.29 is 5.11 Å². The number of aliphatic hydroxyl groups excluding tert-OH is 1. The molecule has 0 aliphatic carbocycles. The summed E-state index contributed by atoms with van der Waals surface area (Å²) in [6.45, 7) is 0.00573. The Kier molecular flexibility index (Phi) is 4.06. The monoisotopic (exact) mass is 341 g/mol. The van der Waals surface area contributed by atoms with Crippen molar-refractivity contribution in [3.63, 3.8) is 0 Å². The third-order valence-corrected chi connectivity index (χ3v) is 4.07. The number of aliphatic hydroxyl groups is 1. The fourth-order valence-corrected chi connectivity index (χ4v) is 2.77.